The van der Waals surface area contributed by atoms with E-state index in [-0.39, 0.29) is 0 Å². The first-order chi connectivity index (χ1) is 6.84. The molecule has 1 heterocycles. The van der Waals surface area contributed by atoms with E-state index in [1.807, 2.05) is 19.0 Å². The summed E-state index contributed by atoms with van der Waals surface area (Å²) in [5, 5.41) is 9.70. The Bertz CT molecular complexity index is 358. The summed E-state index contributed by atoms with van der Waals surface area (Å²) in [4.78, 5) is 18.3. The van der Waals surface area contributed by atoms with Crippen molar-refractivity contribution in [3.8, 4) is 0 Å². The molecule has 5 heteroatoms. The van der Waals surface area contributed by atoms with Crippen LogP contribution in [0.4, 0.5) is 0 Å². The number of nitrogens with zero attached hydrogens (tertiary/aromatic N) is 2. The molecular weight excluding hydrogens is 212 g/mol. The van der Waals surface area contributed by atoms with Gasteiger partial charge in [-0.1, -0.05) is 0 Å². The molecule has 0 bridgehead atoms. The fourth-order valence-electron chi connectivity index (χ4n) is 1.07. The number of aliphatic carboxylic acids is 1. The lowest BCUT2D eigenvalue weighted by atomic mass is 9.95. The fourth-order valence-corrected chi connectivity index (χ4v) is 2.20. The van der Waals surface area contributed by atoms with Crippen LogP contribution in [0.25, 0.3) is 0 Å². The normalized spacial score (nSPS) is 12.1. The zero-order chi connectivity index (χ0) is 11.6. The van der Waals surface area contributed by atoms with Crippen LogP contribution in [-0.4, -0.2) is 35.1 Å². The second kappa shape index (κ2) is 4.28. The van der Waals surface area contributed by atoms with Gasteiger partial charge in [-0.25, -0.2) is 4.98 Å². The minimum absolute atomic E-state index is 0.659. The molecule has 0 aliphatic rings. The smallest absolute Gasteiger partial charge is 0.316 e. The van der Waals surface area contributed by atoms with E-state index in [2.05, 4.69) is 4.98 Å². The maximum Gasteiger partial charge on any atom is 0.316 e. The van der Waals surface area contributed by atoms with Crippen molar-refractivity contribution in [2.24, 2.45) is 0 Å². The van der Waals surface area contributed by atoms with Gasteiger partial charge in [0.25, 0.3) is 0 Å². The lowest BCUT2D eigenvalue weighted by molar-refractivity contribution is -0.142. The summed E-state index contributed by atoms with van der Waals surface area (Å²) in [6, 6.07) is 0. The Hall–Kier alpha value is -0.940. The van der Waals surface area contributed by atoms with Crippen LogP contribution >= 0.6 is 11.3 Å². The topological polar surface area (TPSA) is 53.4 Å². The second-order valence-electron chi connectivity index (χ2n) is 4.30. The molecule has 1 aromatic heterocycles. The summed E-state index contributed by atoms with van der Waals surface area (Å²) in [7, 11) is 3.95. The average molecular weight is 228 g/mol. The number of hydrogen-bond donors (Lipinski definition) is 1. The minimum Gasteiger partial charge on any atom is -0.481 e. The van der Waals surface area contributed by atoms with Gasteiger partial charge in [-0.15, -0.1) is 11.3 Å². The summed E-state index contributed by atoms with van der Waals surface area (Å²) in [6.07, 6.45) is 1.75. The number of carboxylic acids is 1. The lowest BCUT2D eigenvalue weighted by Gasteiger charge is -2.15. The van der Waals surface area contributed by atoms with E-state index in [4.69, 9.17) is 5.11 Å². The molecule has 1 rings (SSSR count). The zero-order valence-electron chi connectivity index (χ0n) is 9.44. The lowest BCUT2D eigenvalue weighted by Crippen LogP contribution is -2.28. The van der Waals surface area contributed by atoms with Gasteiger partial charge in [-0.3, -0.25) is 4.79 Å². The third-order valence-electron chi connectivity index (χ3n) is 2.09. The van der Waals surface area contributed by atoms with Crippen LogP contribution in [0.15, 0.2) is 6.20 Å². The van der Waals surface area contributed by atoms with E-state index < -0.39 is 11.4 Å². The average Bonchev–Trinajstić information content (AvgIpc) is 2.51. The van der Waals surface area contributed by atoms with Gasteiger partial charge < -0.3 is 10.0 Å². The van der Waals surface area contributed by atoms with Gasteiger partial charge in [0.15, 0.2) is 0 Å². The molecule has 1 N–H and O–H groups in total. The predicted octanol–water partition coefficient (Wildman–Crippen LogP) is 1.57. The Morgan fingerprint density at radius 3 is 2.67 bits per heavy atom. The van der Waals surface area contributed by atoms with Gasteiger partial charge in [0, 0.05) is 17.6 Å². The molecule has 0 saturated carbocycles. The number of rotatable bonds is 4. The largest absolute Gasteiger partial charge is 0.481 e. The van der Waals surface area contributed by atoms with Crippen molar-refractivity contribution in [2.75, 3.05) is 14.1 Å². The fraction of sp³-hybridized carbons (Fsp3) is 0.600. The van der Waals surface area contributed by atoms with Gasteiger partial charge in [0.05, 0.1) is 0 Å². The molecule has 0 saturated heterocycles. The Balaban J connectivity index is 2.89. The summed E-state index contributed by atoms with van der Waals surface area (Å²) < 4.78 is 0. The van der Waals surface area contributed by atoms with Crippen LogP contribution in [0.2, 0.25) is 0 Å². The summed E-state index contributed by atoms with van der Waals surface area (Å²) in [5.41, 5.74) is -0.894. The number of aromatic nitrogens is 1. The summed E-state index contributed by atoms with van der Waals surface area (Å²) >= 11 is 1.46. The molecule has 0 aliphatic carbocycles. The van der Waals surface area contributed by atoms with Crippen molar-refractivity contribution in [2.45, 2.75) is 25.8 Å². The Labute approximate surface area is 93.6 Å². The zero-order valence-corrected chi connectivity index (χ0v) is 10.3. The molecule has 15 heavy (non-hydrogen) atoms. The van der Waals surface area contributed by atoms with Crippen LogP contribution in [0, 0.1) is 0 Å². The SMILES string of the molecule is CN(C)Cc1cnc(C(C)(C)C(=O)O)s1. The Morgan fingerprint density at radius 1 is 1.60 bits per heavy atom. The highest BCUT2D eigenvalue weighted by molar-refractivity contribution is 7.11. The number of carboxylic acid groups (broad SMARTS) is 1. The molecule has 1 aromatic rings. The molecule has 4 nitrogen and oxygen atoms in total. The third-order valence-corrected chi connectivity index (χ3v) is 3.40. The minimum atomic E-state index is -0.894. The highest BCUT2D eigenvalue weighted by atomic mass is 32.1. The molecule has 0 unspecified atom stereocenters. The van der Waals surface area contributed by atoms with E-state index >= 15 is 0 Å². The van der Waals surface area contributed by atoms with E-state index in [9.17, 15) is 4.79 Å². The third kappa shape index (κ3) is 2.76. The first kappa shape index (κ1) is 12.1. The number of thiazole rings is 1. The maximum atomic E-state index is 11.0. The highest BCUT2D eigenvalue weighted by Crippen LogP contribution is 2.28. The van der Waals surface area contributed by atoms with Crippen molar-refractivity contribution in [1.82, 2.24) is 9.88 Å². The van der Waals surface area contributed by atoms with Gasteiger partial charge in [-0.2, -0.15) is 0 Å². The molecule has 0 atom stereocenters. The van der Waals surface area contributed by atoms with Crippen LogP contribution in [0.3, 0.4) is 0 Å². The molecule has 0 aliphatic heterocycles. The van der Waals surface area contributed by atoms with Gasteiger partial charge >= 0.3 is 5.97 Å². The first-order valence-electron chi connectivity index (χ1n) is 4.67. The van der Waals surface area contributed by atoms with Gasteiger partial charge in [0.2, 0.25) is 0 Å². The Morgan fingerprint density at radius 2 is 2.20 bits per heavy atom. The summed E-state index contributed by atoms with van der Waals surface area (Å²) in [6.45, 7) is 4.15. The molecule has 0 fully saturated rings. The van der Waals surface area contributed by atoms with E-state index in [1.54, 1.807) is 20.0 Å². The van der Waals surface area contributed by atoms with E-state index in [0.29, 0.717) is 5.01 Å². The van der Waals surface area contributed by atoms with Crippen LogP contribution in [0.1, 0.15) is 23.7 Å². The van der Waals surface area contributed by atoms with Crippen LogP contribution < -0.4 is 0 Å². The molecular formula is C10H16N2O2S. The molecule has 0 radical (unpaired) electrons. The number of hydrogen-bond acceptors (Lipinski definition) is 4. The van der Waals surface area contributed by atoms with E-state index in [1.165, 1.54) is 11.3 Å². The Kier molecular flexibility index (Phi) is 3.46. The monoisotopic (exact) mass is 228 g/mol. The quantitative estimate of drug-likeness (QED) is 0.850. The van der Waals surface area contributed by atoms with E-state index in [0.717, 1.165) is 11.4 Å². The maximum absolute atomic E-state index is 11.0. The predicted molar refractivity (Wildman–Crippen MR) is 60.2 cm³/mol. The molecule has 0 spiro atoms. The number of carbonyl (C=O) groups is 1. The first-order valence-corrected chi connectivity index (χ1v) is 5.49. The van der Waals surface area contributed by atoms with Crippen LogP contribution in [0.5, 0.6) is 0 Å². The van der Waals surface area contributed by atoms with Crippen molar-refractivity contribution in [3.05, 3.63) is 16.1 Å². The second-order valence-corrected chi connectivity index (χ2v) is 5.41. The van der Waals surface area contributed by atoms with Crippen molar-refractivity contribution in [3.63, 3.8) is 0 Å². The van der Waals surface area contributed by atoms with Gasteiger partial charge in [-0.05, 0) is 27.9 Å². The highest BCUT2D eigenvalue weighted by Gasteiger charge is 2.32. The van der Waals surface area contributed by atoms with Crippen molar-refractivity contribution in [1.29, 1.82) is 0 Å². The molecule has 0 amide bonds. The molecule has 0 aromatic carbocycles. The molecule has 84 valence electrons. The van der Waals surface area contributed by atoms with Gasteiger partial charge in [0.1, 0.15) is 10.4 Å². The van der Waals surface area contributed by atoms with Crippen molar-refractivity contribution >= 4 is 17.3 Å². The van der Waals surface area contributed by atoms with Crippen LogP contribution in [-0.2, 0) is 16.8 Å². The summed E-state index contributed by atoms with van der Waals surface area (Å²) in [5.74, 6) is -0.840. The standard InChI is InChI=1S/C10H16N2O2S/c1-10(2,9(13)14)8-11-5-7(15-8)6-12(3)4/h5H,6H2,1-4H3,(H,13,14). The van der Waals surface area contributed by atoms with Crippen molar-refractivity contribution < 1.29 is 9.90 Å².